The fourth-order valence-electron chi connectivity index (χ4n) is 1.24. The van der Waals surface area contributed by atoms with Gasteiger partial charge in [0.1, 0.15) is 3.70 Å². The first-order chi connectivity index (χ1) is 6.25. The highest BCUT2D eigenvalue weighted by Crippen LogP contribution is 2.08. The lowest BCUT2D eigenvalue weighted by Gasteiger charge is -2.01. The van der Waals surface area contributed by atoms with Crippen molar-refractivity contribution in [3.63, 3.8) is 0 Å². The van der Waals surface area contributed by atoms with E-state index in [1.807, 2.05) is 4.68 Å². The van der Waals surface area contributed by atoms with Gasteiger partial charge >= 0.3 is 0 Å². The minimum Gasteiger partial charge on any atom is -0.249 e. The Labute approximate surface area is 93.0 Å². The van der Waals surface area contributed by atoms with E-state index in [1.165, 1.54) is 31.4 Å². The molecule has 0 aliphatic carbocycles. The van der Waals surface area contributed by atoms with Gasteiger partial charge < -0.3 is 0 Å². The maximum absolute atomic E-state index is 4.07. The molecule has 0 saturated carbocycles. The zero-order chi connectivity index (χ0) is 9.68. The Kier molecular flexibility index (Phi) is 4.69. The molecule has 0 unspecified atom stereocenters. The molecular formula is C9H16IN3. The molecule has 74 valence electrons. The Morgan fingerprint density at radius 1 is 1.31 bits per heavy atom. The van der Waals surface area contributed by atoms with Gasteiger partial charge in [-0.15, -0.1) is 5.10 Å². The minimum absolute atomic E-state index is 1.02. The van der Waals surface area contributed by atoms with E-state index in [2.05, 4.69) is 46.8 Å². The summed E-state index contributed by atoms with van der Waals surface area (Å²) < 4.78 is 3.02. The molecule has 0 amide bonds. The molecule has 0 atom stereocenters. The average molecular weight is 293 g/mol. The third-order valence-electron chi connectivity index (χ3n) is 2.15. The van der Waals surface area contributed by atoms with Crippen molar-refractivity contribution in [2.75, 3.05) is 0 Å². The van der Waals surface area contributed by atoms with Gasteiger partial charge in [-0.05, 0) is 35.9 Å². The molecule has 1 aromatic heterocycles. The van der Waals surface area contributed by atoms with Gasteiger partial charge in [-0.3, -0.25) is 0 Å². The monoisotopic (exact) mass is 293 g/mol. The van der Waals surface area contributed by atoms with E-state index in [9.17, 15) is 0 Å². The molecule has 0 aliphatic heterocycles. The number of halogens is 1. The number of rotatable bonds is 5. The third-order valence-corrected chi connectivity index (χ3v) is 3.15. The molecule has 0 N–H and O–H groups in total. The van der Waals surface area contributed by atoms with Crippen LogP contribution in [0.1, 0.15) is 38.3 Å². The normalized spacial score (nSPS) is 10.7. The van der Waals surface area contributed by atoms with Crippen LogP contribution in [0.3, 0.4) is 0 Å². The number of aryl methyl sites for hydroxylation is 1. The van der Waals surface area contributed by atoms with Gasteiger partial charge in [0, 0.05) is 6.54 Å². The zero-order valence-electron chi connectivity index (χ0n) is 8.26. The summed E-state index contributed by atoms with van der Waals surface area (Å²) in [6.45, 7) is 5.31. The van der Waals surface area contributed by atoms with Crippen molar-refractivity contribution in [1.82, 2.24) is 15.0 Å². The van der Waals surface area contributed by atoms with E-state index < -0.39 is 0 Å². The van der Waals surface area contributed by atoms with Crippen molar-refractivity contribution in [2.45, 2.75) is 46.1 Å². The topological polar surface area (TPSA) is 30.7 Å². The van der Waals surface area contributed by atoms with Gasteiger partial charge in [-0.2, -0.15) is 0 Å². The van der Waals surface area contributed by atoms with Crippen LogP contribution in [0.15, 0.2) is 0 Å². The molecule has 0 bridgehead atoms. The number of hydrogen-bond donors (Lipinski definition) is 0. The van der Waals surface area contributed by atoms with Crippen LogP contribution in [0.2, 0.25) is 0 Å². The first-order valence-corrected chi connectivity index (χ1v) is 5.89. The summed E-state index contributed by atoms with van der Waals surface area (Å²) in [5.74, 6) is 0. The van der Waals surface area contributed by atoms with E-state index in [0.29, 0.717) is 0 Å². The lowest BCUT2D eigenvalue weighted by Crippen LogP contribution is -2.02. The first-order valence-electron chi connectivity index (χ1n) is 4.81. The van der Waals surface area contributed by atoms with Gasteiger partial charge in [-0.1, -0.05) is 31.4 Å². The van der Waals surface area contributed by atoms with Crippen LogP contribution in [0, 0.1) is 10.6 Å². The van der Waals surface area contributed by atoms with Crippen LogP contribution in [-0.2, 0) is 6.54 Å². The predicted molar refractivity (Wildman–Crippen MR) is 61.6 cm³/mol. The van der Waals surface area contributed by atoms with Crippen molar-refractivity contribution in [3.05, 3.63) is 9.39 Å². The van der Waals surface area contributed by atoms with Gasteiger partial charge in [-0.25, -0.2) is 4.68 Å². The zero-order valence-corrected chi connectivity index (χ0v) is 10.4. The molecule has 0 aromatic carbocycles. The lowest BCUT2D eigenvalue weighted by atomic mass is 10.2. The molecule has 13 heavy (non-hydrogen) atoms. The smallest absolute Gasteiger partial charge is 0.146 e. The quantitative estimate of drug-likeness (QED) is 0.617. The fourth-order valence-corrected chi connectivity index (χ4v) is 1.61. The number of aromatic nitrogens is 3. The van der Waals surface area contributed by atoms with Crippen LogP contribution in [0.4, 0.5) is 0 Å². The van der Waals surface area contributed by atoms with E-state index in [1.54, 1.807) is 0 Å². The molecule has 0 aliphatic rings. The van der Waals surface area contributed by atoms with E-state index in [-0.39, 0.29) is 0 Å². The van der Waals surface area contributed by atoms with Gasteiger partial charge in [0.25, 0.3) is 0 Å². The largest absolute Gasteiger partial charge is 0.249 e. The van der Waals surface area contributed by atoms with Crippen molar-refractivity contribution in [3.8, 4) is 0 Å². The van der Waals surface area contributed by atoms with Crippen LogP contribution in [0.25, 0.3) is 0 Å². The molecule has 4 heteroatoms. The predicted octanol–water partition coefficient (Wildman–Crippen LogP) is 2.77. The van der Waals surface area contributed by atoms with E-state index >= 15 is 0 Å². The van der Waals surface area contributed by atoms with Crippen LogP contribution in [-0.4, -0.2) is 15.0 Å². The third kappa shape index (κ3) is 3.25. The van der Waals surface area contributed by atoms with Crippen molar-refractivity contribution >= 4 is 22.6 Å². The van der Waals surface area contributed by atoms with Gasteiger partial charge in [0.2, 0.25) is 0 Å². The molecule has 1 rings (SSSR count). The van der Waals surface area contributed by atoms with Crippen molar-refractivity contribution in [2.24, 2.45) is 0 Å². The summed E-state index contributed by atoms with van der Waals surface area (Å²) in [6, 6.07) is 0. The SMILES string of the molecule is CCCCCCn1nnc(I)c1C. The average Bonchev–Trinajstić information content (AvgIpc) is 2.43. The summed E-state index contributed by atoms with van der Waals surface area (Å²) in [7, 11) is 0. The highest BCUT2D eigenvalue weighted by atomic mass is 127. The maximum atomic E-state index is 4.07. The van der Waals surface area contributed by atoms with Crippen molar-refractivity contribution in [1.29, 1.82) is 0 Å². The fraction of sp³-hybridized carbons (Fsp3) is 0.778. The van der Waals surface area contributed by atoms with Crippen LogP contribution >= 0.6 is 22.6 Å². The lowest BCUT2D eigenvalue weighted by molar-refractivity contribution is 0.519. The summed E-state index contributed by atoms with van der Waals surface area (Å²) in [6.07, 6.45) is 5.12. The molecule has 3 nitrogen and oxygen atoms in total. The Morgan fingerprint density at radius 2 is 2.08 bits per heavy atom. The standard InChI is InChI=1S/C9H16IN3/c1-3-4-5-6-7-13-8(2)9(10)11-12-13/h3-7H2,1-2H3. The first kappa shape index (κ1) is 10.9. The van der Waals surface area contributed by atoms with E-state index in [4.69, 9.17) is 0 Å². The Balaban J connectivity index is 2.32. The Bertz CT molecular complexity index is 257. The summed E-state index contributed by atoms with van der Waals surface area (Å²) in [5.41, 5.74) is 1.19. The molecular weight excluding hydrogens is 277 g/mol. The van der Waals surface area contributed by atoms with Gasteiger partial charge in [0.05, 0.1) is 5.69 Å². The Hall–Kier alpha value is -0.130. The minimum atomic E-state index is 1.02. The molecule has 0 spiro atoms. The van der Waals surface area contributed by atoms with E-state index in [0.717, 1.165) is 10.2 Å². The maximum Gasteiger partial charge on any atom is 0.146 e. The highest BCUT2D eigenvalue weighted by molar-refractivity contribution is 14.1. The molecule has 0 fully saturated rings. The molecule has 0 saturated heterocycles. The molecule has 0 radical (unpaired) electrons. The molecule has 1 aromatic rings. The second kappa shape index (κ2) is 5.57. The highest BCUT2D eigenvalue weighted by Gasteiger charge is 2.03. The van der Waals surface area contributed by atoms with Crippen molar-refractivity contribution < 1.29 is 0 Å². The molecule has 1 heterocycles. The summed E-state index contributed by atoms with van der Waals surface area (Å²) in [4.78, 5) is 0. The summed E-state index contributed by atoms with van der Waals surface area (Å²) >= 11 is 2.22. The Morgan fingerprint density at radius 3 is 2.62 bits per heavy atom. The summed E-state index contributed by atoms with van der Waals surface area (Å²) in [5, 5.41) is 8.09. The second-order valence-electron chi connectivity index (χ2n) is 3.25. The van der Waals surface area contributed by atoms with Gasteiger partial charge in [0.15, 0.2) is 0 Å². The van der Waals surface area contributed by atoms with Crippen LogP contribution in [0.5, 0.6) is 0 Å². The number of hydrogen-bond acceptors (Lipinski definition) is 2. The number of unbranched alkanes of at least 4 members (excludes halogenated alkanes) is 3. The number of nitrogens with zero attached hydrogens (tertiary/aromatic N) is 3. The second-order valence-corrected chi connectivity index (χ2v) is 4.27. The van der Waals surface area contributed by atoms with Crippen LogP contribution < -0.4 is 0 Å².